The van der Waals surface area contributed by atoms with Gasteiger partial charge in [-0.25, -0.2) is 8.42 Å². The number of sulfonamides is 1. The Morgan fingerprint density at radius 1 is 0.971 bits per heavy atom. The lowest BCUT2D eigenvalue weighted by atomic mass is 10.0. The molecule has 1 aliphatic rings. The van der Waals surface area contributed by atoms with Crippen LogP contribution < -0.4 is 15.4 Å². The first-order chi connectivity index (χ1) is 16.7. The van der Waals surface area contributed by atoms with Crippen LogP contribution in [0, 0.1) is 0 Å². The number of nitrogens with one attached hydrogen (secondary N) is 3. The highest BCUT2D eigenvalue weighted by atomic mass is 32.2. The summed E-state index contributed by atoms with van der Waals surface area (Å²) in [5.41, 5.74) is 3.94. The molecular weight excluding hydrogens is 462 g/mol. The van der Waals surface area contributed by atoms with Gasteiger partial charge in [-0.15, -0.1) is 0 Å². The van der Waals surface area contributed by atoms with Crippen molar-refractivity contribution in [1.82, 2.24) is 4.72 Å². The number of amides is 2. The molecule has 0 aliphatic carbocycles. The van der Waals surface area contributed by atoms with Crippen molar-refractivity contribution in [1.29, 1.82) is 0 Å². The topological polar surface area (TPSA) is 104 Å². The lowest BCUT2D eigenvalue weighted by Crippen LogP contribution is -2.45. The van der Waals surface area contributed by atoms with E-state index in [0.717, 1.165) is 16.7 Å². The summed E-state index contributed by atoms with van der Waals surface area (Å²) >= 11 is 0. The van der Waals surface area contributed by atoms with Crippen LogP contribution in [0.15, 0.2) is 77.7 Å². The minimum Gasteiger partial charge on any atom is -0.326 e. The number of hydrogen-bond donors (Lipinski definition) is 3. The van der Waals surface area contributed by atoms with E-state index >= 15 is 0 Å². The molecule has 0 aromatic heterocycles. The number of carbonyl (C=O) groups is 2. The molecule has 0 unspecified atom stereocenters. The molecule has 0 radical (unpaired) electrons. The summed E-state index contributed by atoms with van der Waals surface area (Å²) in [7, 11) is -4.01. The quantitative estimate of drug-likeness (QED) is 0.439. The Bertz CT molecular complexity index is 1320. The van der Waals surface area contributed by atoms with Crippen LogP contribution in [0.1, 0.15) is 42.9 Å². The van der Waals surface area contributed by atoms with Crippen LogP contribution in [-0.4, -0.2) is 26.3 Å². The van der Waals surface area contributed by atoms with Gasteiger partial charge in [-0.3, -0.25) is 9.59 Å². The Hall–Kier alpha value is -3.49. The second-order valence-electron chi connectivity index (χ2n) is 9.00. The molecule has 3 aromatic rings. The van der Waals surface area contributed by atoms with E-state index in [9.17, 15) is 18.0 Å². The van der Waals surface area contributed by atoms with Gasteiger partial charge in [0.25, 0.3) is 0 Å². The molecule has 1 aliphatic heterocycles. The summed E-state index contributed by atoms with van der Waals surface area (Å²) in [4.78, 5) is 24.9. The molecule has 2 amide bonds. The van der Waals surface area contributed by atoms with Gasteiger partial charge in [-0.05, 0) is 65.8 Å². The van der Waals surface area contributed by atoms with Crippen LogP contribution in [0.3, 0.4) is 0 Å². The van der Waals surface area contributed by atoms with Crippen molar-refractivity contribution in [3.63, 3.8) is 0 Å². The van der Waals surface area contributed by atoms with E-state index < -0.39 is 22.0 Å². The predicted molar refractivity (Wildman–Crippen MR) is 137 cm³/mol. The maximum atomic E-state index is 13.3. The summed E-state index contributed by atoms with van der Waals surface area (Å²) in [6.07, 6.45) is 0.959. The largest absolute Gasteiger partial charge is 0.326 e. The zero-order valence-corrected chi connectivity index (χ0v) is 20.6. The average molecular weight is 492 g/mol. The van der Waals surface area contributed by atoms with Crippen LogP contribution in [-0.2, 0) is 32.5 Å². The number of hydrogen-bond acceptors (Lipinski definition) is 4. The van der Waals surface area contributed by atoms with Gasteiger partial charge in [-0.2, -0.15) is 4.72 Å². The average Bonchev–Trinajstić information content (AvgIpc) is 2.84. The van der Waals surface area contributed by atoms with E-state index in [1.807, 2.05) is 54.6 Å². The maximum absolute atomic E-state index is 13.3. The number of rotatable bonds is 8. The van der Waals surface area contributed by atoms with Crippen LogP contribution in [0.5, 0.6) is 0 Å². The molecule has 8 heteroatoms. The Morgan fingerprint density at radius 2 is 1.69 bits per heavy atom. The van der Waals surface area contributed by atoms with Crippen molar-refractivity contribution in [2.45, 2.75) is 50.0 Å². The van der Waals surface area contributed by atoms with Gasteiger partial charge in [0.1, 0.15) is 6.04 Å². The lowest BCUT2D eigenvalue weighted by molar-refractivity contribution is -0.118. The Kier molecular flexibility index (Phi) is 7.33. The van der Waals surface area contributed by atoms with E-state index in [-0.39, 0.29) is 17.2 Å². The third-order valence-corrected chi connectivity index (χ3v) is 7.49. The smallest absolute Gasteiger partial charge is 0.242 e. The number of carbonyl (C=O) groups excluding carboxylic acids is 2. The molecule has 0 fully saturated rings. The third kappa shape index (κ3) is 6.15. The van der Waals surface area contributed by atoms with Crippen molar-refractivity contribution < 1.29 is 18.0 Å². The van der Waals surface area contributed by atoms with Gasteiger partial charge in [0.15, 0.2) is 0 Å². The van der Waals surface area contributed by atoms with Gasteiger partial charge in [0, 0.05) is 17.8 Å². The predicted octanol–water partition coefficient (Wildman–Crippen LogP) is 4.22. The van der Waals surface area contributed by atoms with Crippen LogP contribution in [0.4, 0.5) is 11.4 Å². The van der Waals surface area contributed by atoms with Crippen molar-refractivity contribution in [3.05, 3.63) is 89.5 Å². The molecule has 3 aromatic carbocycles. The first-order valence-electron chi connectivity index (χ1n) is 11.6. The number of aryl methyl sites for hydroxylation is 1. The standard InChI is InChI=1S/C27H29N3O4S/c1-18(2)20-8-11-22(12-9-20)28-27(32)25(16-19-6-4-3-5-7-19)30-35(33,34)23-13-14-24-21(17-23)10-15-26(31)29-24/h3-9,11-14,17-18,25,30H,10,15-16H2,1-2H3,(H,28,32)(H,29,31)/t25-/m0/s1. The molecule has 4 rings (SSSR count). The fraction of sp³-hybridized carbons (Fsp3) is 0.259. The van der Waals surface area contributed by atoms with Gasteiger partial charge in [0.05, 0.1) is 4.90 Å². The molecule has 0 spiro atoms. The van der Waals surface area contributed by atoms with Crippen LogP contribution in [0.2, 0.25) is 0 Å². The van der Waals surface area contributed by atoms with E-state index in [2.05, 4.69) is 29.2 Å². The zero-order chi connectivity index (χ0) is 25.0. The number of benzene rings is 3. The summed E-state index contributed by atoms with van der Waals surface area (Å²) < 4.78 is 29.2. The van der Waals surface area contributed by atoms with Crippen molar-refractivity contribution >= 4 is 33.2 Å². The monoisotopic (exact) mass is 491 g/mol. The molecule has 182 valence electrons. The zero-order valence-electron chi connectivity index (χ0n) is 19.7. The van der Waals surface area contributed by atoms with E-state index in [1.54, 1.807) is 12.1 Å². The van der Waals surface area contributed by atoms with Crippen LogP contribution >= 0.6 is 0 Å². The van der Waals surface area contributed by atoms with Gasteiger partial charge in [0.2, 0.25) is 21.8 Å². The molecular formula is C27H29N3O4S. The SMILES string of the molecule is CC(C)c1ccc(NC(=O)[C@H](Cc2ccccc2)NS(=O)(=O)c2ccc3c(c2)CCC(=O)N3)cc1. The molecule has 7 nitrogen and oxygen atoms in total. The van der Waals surface area contributed by atoms with Gasteiger partial charge < -0.3 is 10.6 Å². The fourth-order valence-electron chi connectivity index (χ4n) is 4.00. The number of fused-ring (bicyclic) bond motifs is 1. The van der Waals surface area contributed by atoms with Gasteiger partial charge >= 0.3 is 0 Å². The highest BCUT2D eigenvalue weighted by Crippen LogP contribution is 2.26. The van der Waals surface area contributed by atoms with E-state index in [1.165, 1.54) is 6.07 Å². The Balaban J connectivity index is 1.57. The maximum Gasteiger partial charge on any atom is 0.242 e. The molecule has 3 N–H and O–H groups in total. The molecule has 1 atom stereocenters. The van der Waals surface area contributed by atoms with Crippen molar-refractivity contribution in [2.75, 3.05) is 10.6 Å². The van der Waals surface area contributed by atoms with E-state index in [0.29, 0.717) is 30.1 Å². The first-order valence-corrected chi connectivity index (χ1v) is 13.1. The normalized spacial score (nSPS) is 14.2. The highest BCUT2D eigenvalue weighted by molar-refractivity contribution is 7.89. The summed E-state index contributed by atoms with van der Waals surface area (Å²) in [6.45, 7) is 4.18. The molecule has 0 saturated carbocycles. The minimum absolute atomic E-state index is 0.0551. The molecule has 1 heterocycles. The molecule has 0 bridgehead atoms. The molecule has 0 saturated heterocycles. The number of anilines is 2. The summed E-state index contributed by atoms with van der Waals surface area (Å²) in [5, 5.41) is 5.59. The first kappa shape index (κ1) is 24.6. The molecule has 35 heavy (non-hydrogen) atoms. The lowest BCUT2D eigenvalue weighted by Gasteiger charge is -2.21. The summed E-state index contributed by atoms with van der Waals surface area (Å²) in [5.74, 6) is -0.172. The fourth-order valence-corrected chi connectivity index (χ4v) is 5.25. The minimum atomic E-state index is -4.01. The van der Waals surface area contributed by atoms with Gasteiger partial charge in [-0.1, -0.05) is 56.3 Å². The van der Waals surface area contributed by atoms with Crippen LogP contribution in [0.25, 0.3) is 0 Å². The second kappa shape index (κ2) is 10.4. The summed E-state index contributed by atoms with van der Waals surface area (Å²) in [6, 6.07) is 20.4. The van der Waals surface area contributed by atoms with E-state index in [4.69, 9.17) is 0 Å². The highest BCUT2D eigenvalue weighted by Gasteiger charge is 2.27. The Morgan fingerprint density at radius 3 is 2.37 bits per heavy atom. The Labute approximate surface area is 206 Å². The van der Waals surface area contributed by atoms with Crippen molar-refractivity contribution in [3.8, 4) is 0 Å². The van der Waals surface area contributed by atoms with Crippen molar-refractivity contribution in [2.24, 2.45) is 0 Å². The third-order valence-electron chi connectivity index (χ3n) is 6.02. The second-order valence-corrected chi connectivity index (χ2v) is 10.7.